The molecule has 1 saturated heterocycles. The van der Waals surface area contributed by atoms with Crippen molar-refractivity contribution < 1.29 is 23.4 Å². The second-order valence-electron chi connectivity index (χ2n) is 9.15. The van der Waals surface area contributed by atoms with E-state index in [1.807, 2.05) is 18.7 Å². The molecule has 1 fully saturated rings. The van der Waals surface area contributed by atoms with Crippen LogP contribution >= 0.6 is 0 Å². The normalized spacial score (nSPS) is 16.3. The minimum Gasteiger partial charge on any atom is -0.711 e. The molecular weight excluding hydrogens is 467 g/mol. The summed E-state index contributed by atoms with van der Waals surface area (Å²) in [4.78, 5) is 37.8. The van der Waals surface area contributed by atoms with Crippen LogP contribution in [0.5, 0.6) is 11.5 Å². The van der Waals surface area contributed by atoms with Gasteiger partial charge >= 0.3 is 0 Å². The average Bonchev–Trinajstić information content (AvgIpc) is 2.85. The lowest BCUT2D eigenvalue weighted by Crippen LogP contribution is -2.63. The fourth-order valence-electron chi connectivity index (χ4n) is 4.06. The minimum atomic E-state index is -0.563. The Kier molecular flexibility index (Phi) is 7.11. The Labute approximate surface area is 207 Å². The molecule has 3 heterocycles. The van der Waals surface area contributed by atoms with E-state index in [0.717, 1.165) is 6.33 Å². The molecule has 0 saturated carbocycles. The van der Waals surface area contributed by atoms with Gasteiger partial charge in [-0.25, -0.2) is 14.1 Å². The Hall–Kier alpha value is -4.12. The molecule has 0 radical (unpaired) electrons. The van der Waals surface area contributed by atoms with Crippen LogP contribution in [0.25, 0.3) is 0 Å². The highest BCUT2D eigenvalue weighted by Crippen LogP contribution is 2.25. The number of halogens is 1. The van der Waals surface area contributed by atoms with Crippen molar-refractivity contribution in [2.75, 3.05) is 25.0 Å². The highest BCUT2D eigenvalue weighted by molar-refractivity contribution is 5.94. The third kappa shape index (κ3) is 5.74. The highest BCUT2D eigenvalue weighted by Gasteiger charge is 2.40. The minimum absolute atomic E-state index is 0.201. The Morgan fingerprint density at radius 2 is 1.83 bits per heavy atom. The Bertz CT molecular complexity index is 1220. The van der Waals surface area contributed by atoms with Gasteiger partial charge in [-0.2, -0.15) is 0 Å². The molecular formula is C25H27FN6O4. The molecule has 1 N–H and O–H groups in total. The van der Waals surface area contributed by atoms with Crippen molar-refractivity contribution in [3.8, 4) is 11.5 Å². The predicted octanol–water partition coefficient (Wildman–Crippen LogP) is 2.61. The van der Waals surface area contributed by atoms with E-state index < -0.39 is 11.6 Å². The van der Waals surface area contributed by atoms with Gasteiger partial charge in [-0.3, -0.25) is 14.5 Å². The summed E-state index contributed by atoms with van der Waals surface area (Å²) in [6, 6.07) is 9.86. The van der Waals surface area contributed by atoms with E-state index in [9.17, 15) is 19.2 Å². The van der Waals surface area contributed by atoms with E-state index in [-0.39, 0.29) is 23.3 Å². The number of nitrogens with one attached hydrogen (secondary N) is 1. The first kappa shape index (κ1) is 25.0. The quantitative estimate of drug-likeness (QED) is 0.414. The molecule has 1 unspecified atom stereocenters. The molecule has 10 nitrogen and oxygen atoms in total. The van der Waals surface area contributed by atoms with Crippen molar-refractivity contribution in [1.82, 2.24) is 19.8 Å². The van der Waals surface area contributed by atoms with Gasteiger partial charge < -0.3 is 20.2 Å². The zero-order valence-corrected chi connectivity index (χ0v) is 20.2. The van der Waals surface area contributed by atoms with Crippen molar-refractivity contribution in [3.63, 3.8) is 0 Å². The predicted molar refractivity (Wildman–Crippen MR) is 129 cm³/mol. The standard InChI is InChI=1S/C25H27FN6O4/c1-17(23(33)29-22-9-8-20(14-27-22)36-19-6-4-18(26)5-7-19)30-12-13-32(25(2,3)15-30)24(34)21-10-11-31(35)16-28-21/h4-11,14,16-17H,12-13,15H2,1-3H3,(H,27,29,33). The molecule has 11 heteroatoms. The number of nitrogens with zero attached hydrogens (tertiary/aromatic N) is 5. The fourth-order valence-corrected chi connectivity index (χ4v) is 4.06. The lowest BCUT2D eigenvalue weighted by Gasteiger charge is -2.48. The molecule has 1 atom stereocenters. The summed E-state index contributed by atoms with van der Waals surface area (Å²) < 4.78 is 19.2. The first-order chi connectivity index (χ1) is 17.1. The van der Waals surface area contributed by atoms with Crippen LogP contribution in [0.4, 0.5) is 10.2 Å². The molecule has 2 aromatic heterocycles. The first-order valence-electron chi connectivity index (χ1n) is 11.4. The maximum Gasteiger partial charge on any atom is 0.298 e. The average molecular weight is 495 g/mol. The Balaban J connectivity index is 1.34. The lowest BCUT2D eigenvalue weighted by molar-refractivity contribution is -0.608. The van der Waals surface area contributed by atoms with Gasteiger partial charge in [0.2, 0.25) is 11.6 Å². The Morgan fingerprint density at radius 1 is 1.11 bits per heavy atom. The van der Waals surface area contributed by atoms with Gasteiger partial charge in [-0.15, -0.1) is 0 Å². The summed E-state index contributed by atoms with van der Waals surface area (Å²) >= 11 is 0. The van der Waals surface area contributed by atoms with Crippen LogP contribution in [-0.2, 0) is 4.79 Å². The molecule has 188 valence electrons. The van der Waals surface area contributed by atoms with Crippen LogP contribution in [0.1, 0.15) is 31.3 Å². The summed E-state index contributed by atoms with van der Waals surface area (Å²) in [5.74, 6) is 0.459. The molecule has 3 aromatic rings. The van der Waals surface area contributed by atoms with Gasteiger partial charge in [0.25, 0.3) is 12.2 Å². The van der Waals surface area contributed by atoms with Gasteiger partial charge in [-0.1, -0.05) is 0 Å². The number of hydrogen-bond donors (Lipinski definition) is 1. The van der Waals surface area contributed by atoms with Crippen molar-refractivity contribution in [1.29, 1.82) is 0 Å². The van der Waals surface area contributed by atoms with Gasteiger partial charge in [0.1, 0.15) is 23.1 Å². The van der Waals surface area contributed by atoms with Gasteiger partial charge in [0, 0.05) is 25.7 Å². The number of hydrogen-bond acceptors (Lipinski definition) is 7. The molecule has 0 aliphatic carbocycles. The van der Waals surface area contributed by atoms with Gasteiger partial charge in [0.15, 0.2) is 0 Å². The van der Waals surface area contributed by atoms with Crippen molar-refractivity contribution in [2.24, 2.45) is 0 Å². The number of amides is 2. The zero-order chi connectivity index (χ0) is 25.9. The maximum absolute atomic E-state index is 13.0. The van der Waals surface area contributed by atoms with Crippen molar-refractivity contribution in [3.05, 3.63) is 77.9 Å². The smallest absolute Gasteiger partial charge is 0.298 e. The van der Waals surface area contributed by atoms with E-state index in [1.165, 1.54) is 42.7 Å². The number of carbonyl (C=O) groups is 2. The van der Waals surface area contributed by atoms with Crippen molar-refractivity contribution in [2.45, 2.75) is 32.4 Å². The third-order valence-corrected chi connectivity index (χ3v) is 6.05. The summed E-state index contributed by atoms with van der Waals surface area (Å²) in [5.41, 5.74) is -0.362. The molecule has 1 aliphatic heterocycles. The number of benzene rings is 1. The van der Waals surface area contributed by atoms with Crippen LogP contribution in [0.3, 0.4) is 0 Å². The Morgan fingerprint density at radius 3 is 2.44 bits per heavy atom. The topological polar surface area (TPSA) is 115 Å². The summed E-state index contributed by atoms with van der Waals surface area (Å²) in [6.45, 7) is 7.04. The molecule has 0 spiro atoms. The fraction of sp³-hybridized carbons (Fsp3) is 0.320. The molecule has 1 aliphatic rings. The van der Waals surface area contributed by atoms with E-state index >= 15 is 0 Å². The number of anilines is 1. The van der Waals surface area contributed by atoms with Crippen LogP contribution in [0.2, 0.25) is 0 Å². The van der Waals surface area contributed by atoms with E-state index in [0.29, 0.717) is 41.7 Å². The summed E-state index contributed by atoms with van der Waals surface area (Å²) in [6.07, 6.45) is 3.77. The monoisotopic (exact) mass is 494 g/mol. The molecule has 2 amide bonds. The van der Waals surface area contributed by atoms with Crippen molar-refractivity contribution >= 4 is 17.6 Å². The third-order valence-electron chi connectivity index (χ3n) is 6.05. The summed E-state index contributed by atoms with van der Waals surface area (Å²) in [5, 5.41) is 14.0. The number of carbonyl (C=O) groups excluding carboxylic acids is 2. The number of pyridine rings is 1. The second-order valence-corrected chi connectivity index (χ2v) is 9.15. The molecule has 4 rings (SSSR count). The van der Waals surface area contributed by atoms with Crippen LogP contribution in [-0.4, -0.2) is 62.8 Å². The van der Waals surface area contributed by atoms with Crippen LogP contribution < -0.4 is 14.8 Å². The number of ether oxygens (including phenoxy) is 1. The number of rotatable bonds is 6. The zero-order valence-electron chi connectivity index (χ0n) is 20.2. The SMILES string of the molecule is CC(C(=O)Nc1ccc(Oc2ccc(F)cc2)cn1)N1CCN(C(=O)c2cc[n+]([O-])cn2)C(C)(C)C1. The van der Waals surface area contributed by atoms with E-state index in [4.69, 9.17) is 4.74 Å². The van der Waals surface area contributed by atoms with E-state index in [1.54, 1.807) is 24.0 Å². The largest absolute Gasteiger partial charge is 0.711 e. The maximum atomic E-state index is 13.0. The van der Waals surface area contributed by atoms with Gasteiger partial charge in [-0.05, 0) is 62.2 Å². The highest BCUT2D eigenvalue weighted by atomic mass is 19.1. The second kappa shape index (κ2) is 10.2. The van der Waals surface area contributed by atoms with Gasteiger partial charge in [0.05, 0.1) is 24.0 Å². The van der Waals surface area contributed by atoms with Crippen LogP contribution in [0.15, 0.2) is 61.2 Å². The molecule has 1 aromatic carbocycles. The summed E-state index contributed by atoms with van der Waals surface area (Å²) in [7, 11) is 0. The molecule has 0 bridgehead atoms. The number of aromatic nitrogens is 3. The van der Waals surface area contributed by atoms with E-state index in [2.05, 4.69) is 15.3 Å². The number of piperazine rings is 1. The molecule has 36 heavy (non-hydrogen) atoms. The first-order valence-corrected chi connectivity index (χ1v) is 11.4. The van der Waals surface area contributed by atoms with Crippen LogP contribution in [0, 0.1) is 11.0 Å². The lowest BCUT2D eigenvalue weighted by atomic mass is 9.96.